The third kappa shape index (κ3) is 3.10. The van der Waals surface area contributed by atoms with Gasteiger partial charge in [-0.15, -0.1) is 0 Å². The first-order chi connectivity index (χ1) is 24.3. The van der Waals surface area contributed by atoms with Gasteiger partial charge in [0.25, 0.3) is 0 Å². The predicted octanol–water partition coefficient (Wildman–Crippen LogP) is 11.0. The van der Waals surface area contributed by atoms with Crippen LogP contribution < -0.4 is 0 Å². The maximum Gasteiger partial charge on any atom is 0.137 e. The molecule has 6 aromatic heterocycles. The summed E-state index contributed by atoms with van der Waals surface area (Å²) < 4.78 is 7.15. The van der Waals surface area contributed by atoms with E-state index < -0.39 is 0 Å². The van der Waals surface area contributed by atoms with Gasteiger partial charge in [0.15, 0.2) is 0 Å². The number of benzene rings is 6. The highest BCUT2D eigenvalue weighted by molar-refractivity contribution is 6.35. The zero-order valence-corrected chi connectivity index (χ0v) is 26.2. The molecule has 226 valence electrons. The lowest BCUT2D eigenvalue weighted by molar-refractivity contribution is 1.06. The van der Waals surface area contributed by atoms with Crippen molar-refractivity contribution < 1.29 is 0 Å². The summed E-state index contributed by atoms with van der Waals surface area (Å²) in [6, 6.07) is 48.4. The fourth-order valence-corrected chi connectivity index (χ4v) is 8.73. The van der Waals surface area contributed by atoms with Crippen molar-refractivity contribution in [3.8, 4) is 11.5 Å². The summed E-state index contributed by atoms with van der Waals surface area (Å²) in [5.41, 5.74) is 9.31. The molecule has 0 spiro atoms. The first-order valence-corrected chi connectivity index (χ1v) is 16.7. The van der Waals surface area contributed by atoms with E-state index in [4.69, 9.17) is 4.98 Å². The summed E-state index contributed by atoms with van der Waals surface area (Å²) in [4.78, 5) is 9.77. The van der Waals surface area contributed by atoms with Gasteiger partial charge >= 0.3 is 0 Å². The Hall–Kier alpha value is -6.72. The minimum atomic E-state index is 0.890. The average molecular weight is 624 g/mol. The number of hydrogen-bond acceptors (Lipinski definition) is 2. The highest BCUT2D eigenvalue weighted by Gasteiger charge is 2.25. The smallest absolute Gasteiger partial charge is 0.137 e. The van der Waals surface area contributed by atoms with Crippen molar-refractivity contribution in [3.63, 3.8) is 0 Å². The molecule has 0 N–H and O–H groups in total. The molecule has 6 aromatic carbocycles. The van der Waals surface area contributed by atoms with Crippen LogP contribution in [-0.2, 0) is 0 Å². The lowest BCUT2D eigenvalue weighted by atomic mass is 10.0. The standard InChI is InChI=1S/C44H25N5/c1-2-10-28-26(9-1)17-19-32-35-23-34-30-12-4-7-15-37(30)48-38-16-8-5-13-33(38)41(43(34)48)44(35)49(42(28)32)40-20-18-27(24-46-40)47-36-14-6-3-11-29(36)31-21-22-45-25-39(31)47/h1-25H. The second-order valence-corrected chi connectivity index (χ2v) is 13.1. The molecule has 6 heterocycles. The fourth-order valence-electron chi connectivity index (χ4n) is 8.73. The summed E-state index contributed by atoms with van der Waals surface area (Å²) in [7, 11) is 0. The summed E-state index contributed by atoms with van der Waals surface area (Å²) in [6.45, 7) is 0. The predicted molar refractivity (Wildman–Crippen MR) is 203 cm³/mol. The van der Waals surface area contributed by atoms with Crippen molar-refractivity contribution in [2.75, 3.05) is 0 Å². The van der Waals surface area contributed by atoms with Crippen molar-refractivity contribution in [2.45, 2.75) is 0 Å². The molecule has 5 nitrogen and oxygen atoms in total. The van der Waals surface area contributed by atoms with Gasteiger partial charge in [-0.25, -0.2) is 4.98 Å². The van der Waals surface area contributed by atoms with Gasteiger partial charge in [-0.2, -0.15) is 0 Å². The van der Waals surface area contributed by atoms with E-state index in [1.165, 1.54) is 81.4 Å². The van der Waals surface area contributed by atoms with Crippen LogP contribution in [0.5, 0.6) is 0 Å². The minimum Gasteiger partial charge on any atom is -0.308 e. The van der Waals surface area contributed by atoms with E-state index in [1.807, 2.05) is 18.6 Å². The van der Waals surface area contributed by atoms with Gasteiger partial charge in [0, 0.05) is 54.7 Å². The lowest BCUT2D eigenvalue weighted by Crippen LogP contribution is -2.01. The molecular weight excluding hydrogens is 599 g/mol. The first-order valence-electron chi connectivity index (χ1n) is 16.7. The van der Waals surface area contributed by atoms with Crippen molar-refractivity contribution in [1.29, 1.82) is 0 Å². The Kier molecular flexibility index (Phi) is 4.66. The Morgan fingerprint density at radius 2 is 1.08 bits per heavy atom. The fraction of sp³-hybridized carbons (Fsp3) is 0. The van der Waals surface area contributed by atoms with E-state index in [0.717, 1.165) is 22.5 Å². The topological polar surface area (TPSA) is 40.0 Å². The highest BCUT2D eigenvalue weighted by atomic mass is 15.1. The molecule has 49 heavy (non-hydrogen) atoms. The average Bonchev–Trinajstić information content (AvgIpc) is 3.89. The SMILES string of the molecule is c1ccc2c(c1)ccc1c3cc4c5ccccc5n5c6ccccc6c(c3n(-c3ccc(-n6c7ccccc7c7ccncc76)cn3)c21)c45. The molecule has 5 heteroatoms. The maximum absolute atomic E-state index is 5.28. The second kappa shape index (κ2) is 9.00. The Balaban J connectivity index is 1.25. The maximum atomic E-state index is 5.28. The number of para-hydroxylation sites is 3. The van der Waals surface area contributed by atoms with E-state index in [2.05, 4.69) is 152 Å². The van der Waals surface area contributed by atoms with Crippen LogP contribution in [-0.4, -0.2) is 23.5 Å². The van der Waals surface area contributed by atoms with Gasteiger partial charge in [-0.1, -0.05) is 91.0 Å². The lowest BCUT2D eigenvalue weighted by Gasteiger charge is -2.12. The van der Waals surface area contributed by atoms with Crippen LogP contribution in [0.25, 0.3) is 104 Å². The monoisotopic (exact) mass is 623 g/mol. The molecule has 0 fully saturated rings. The molecule has 0 bridgehead atoms. The normalized spacial score (nSPS) is 12.5. The molecule has 0 unspecified atom stereocenters. The van der Waals surface area contributed by atoms with Gasteiger partial charge in [0.1, 0.15) is 5.82 Å². The zero-order chi connectivity index (χ0) is 31.8. The summed E-state index contributed by atoms with van der Waals surface area (Å²) in [5.74, 6) is 0.890. The third-order valence-electron chi connectivity index (χ3n) is 10.7. The van der Waals surface area contributed by atoms with Crippen molar-refractivity contribution in [3.05, 3.63) is 152 Å². The Morgan fingerprint density at radius 1 is 0.408 bits per heavy atom. The van der Waals surface area contributed by atoms with Gasteiger partial charge in [0.05, 0.1) is 56.7 Å². The van der Waals surface area contributed by atoms with Gasteiger partial charge in [0.2, 0.25) is 0 Å². The van der Waals surface area contributed by atoms with Gasteiger partial charge in [-0.3, -0.25) is 9.55 Å². The summed E-state index contributed by atoms with van der Waals surface area (Å²) in [5, 5.41) is 12.4. The van der Waals surface area contributed by atoms with E-state index in [-0.39, 0.29) is 0 Å². The van der Waals surface area contributed by atoms with Gasteiger partial charge < -0.3 is 8.97 Å². The van der Waals surface area contributed by atoms with E-state index in [9.17, 15) is 0 Å². The number of nitrogens with zero attached hydrogens (tertiary/aromatic N) is 5. The molecule has 0 radical (unpaired) electrons. The Bertz CT molecular complexity index is 3270. The zero-order valence-electron chi connectivity index (χ0n) is 26.2. The molecule has 0 aliphatic heterocycles. The molecular formula is C44H25N5. The Morgan fingerprint density at radius 3 is 1.90 bits per heavy atom. The van der Waals surface area contributed by atoms with Crippen molar-refractivity contribution in [1.82, 2.24) is 23.5 Å². The Labute approximate surface area is 278 Å². The highest BCUT2D eigenvalue weighted by Crippen LogP contribution is 2.47. The van der Waals surface area contributed by atoms with Crippen molar-refractivity contribution in [2.24, 2.45) is 0 Å². The number of rotatable bonds is 2. The van der Waals surface area contributed by atoms with Gasteiger partial charge in [-0.05, 0) is 47.9 Å². The largest absolute Gasteiger partial charge is 0.308 e. The van der Waals surface area contributed by atoms with Crippen LogP contribution in [0.3, 0.4) is 0 Å². The van der Waals surface area contributed by atoms with E-state index in [0.29, 0.717) is 0 Å². The van der Waals surface area contributed by atoms with Crippen LogP contribution in [0.4, 0.5) is 0 Å². The van der Waals surface area contributed by atoms with Crippen LogP contribution in [0.15, 0.2) is 152 Å². The van der Waals surface area contributed by atoms with E-state index >= 15 is 0 Å². The number of aromatic nitrogens is 5. The van der Waals surface area contributed by atoms with Crippen LogP contribution in [0.2, 0.25) is 0 Å². The summed E-state index contributed by atoms with van der Waals surface area (Å²) in [6.07, 6.45) is 5.83. The second-order valence-electron chi connectivity index (χ2n) is 13.1. The van der Waals surface area contributed by atoms with Crippen molar-refractivity contribution >= 4 is 92.5 Å². The van der Waals surface area contributed by atoms with Crippen LogP contribution in [0, 0.1) is 0 Å². The number of pyridine rings is 2. The number of hydrogen-bond donors (Lipinski definition) is 0. The molecule has 0 saturated heterocycles. The quantitative estimate of drug-likeness (QED) is 0.192. The van der Waals surface area contributed by atoms with Crippen LogP contribution in [0.1, 0.15) is 0 Å². The van der Waals surface area contributed by atoms with E-state index in [1.54, 1.807) is 0 Å². The molecule has 0 aliphatic carbocycles. The third-order valence-corrected chi connectivity index (χ3v) is 10.7. The summed E-state index contributed by atoms with van der Waals surface area (Å²) >= 11 is 0. The van der Waals surface area contributed by atoms with Crippen LogP contribution >= 0.6 is 0 Å². The molecule has 12 aromatic rings. The molecule has 0 aliphatic rings. The first kappa shape index (κ1) is 25.4. The molecule has 0 amide bonds. The molecule has 0 atom stereocenters. The molecule has 0 saturated carbocycles. The minimum absolute atomic E-state index is 0.890. The molecule has 12 rings (SSSR count). The number of fused-ring (bicyclic) bond motifs is 15.